The Morgan fingerprint density at radius 2 is 1.22 bits per heavy atom. The SMILES string of the molecule is CCCCCCCCCCOP(=O)(O)O.[MgH2].[MgH2].[MgH2]. The van der Waals surface area contributed by atoms with Crippen LogP contribution in [-0.4, -0.2) is 85.6 Å². The molecule has 0 aromatic carbocycles. The second kappa shape index (κ2) is 19.4. The number of phosphoric ester groups is 1. The Labute approximate surface area is 159 Å². The molecule has 0 saturated carbocycles. The second-order valence-corrected chi connectivity index (χ2v) is 5.04. The summed E-state index contributed by atoms with van der Waals surface area (Å²) in [5.74, 6) is 0. The van der Waals surface area contributed by atoms with Crippen LogP contribution >= 0.6 is 7.82 Å². The molecule has 0 aromatic rings. The van der Waals surface area contributed by atoms with Crippen LogP contribution in [0.2, 0.25) is 0 Å². The predicted octanol–water partition coefficient (Wildman–Crippen LogP) is 0.488. The van der Waals surface area contributed by atoms with Gasteiger partial charge >= 0.3 is 77.0 Å². The fourth-order valence-electron chi connectivity index (χ4n) is 1.42. The van der Waals surface area contributed by atoms with E-state index in [1.807, 2.05) is 0 Å². The third-order valence-electron chi connectivity index (χ3n) is 2.26. The van der Waals surface area contributed by atoms with Crippen molar-refractivity contribution in [2.24, 2.45) is 0 Å². The smallest absolute Gasteiger partial charge is 0.303 e. The highest BCUT2D eigenvalue weighted by Gasteiger charge is 2.12. The maximum Gasteiger partial charge on any atom is 0.469 e. The molecule has 0 aromatic heterocycles. The Hall–Kier alpha value is 2.41. The van der Waals surface area contributed by atoms with Gasteiger partial charge in [0.15, 0.2) is 0 Å². The van der Waals surface area contributed by atoms with Gasteiger partial charge < -0.3 is 9.79 Å². The van der Waals surface area contributed by atoms with Crippen molar-refractivity contribution in [1.82, 2.24) is 0 Å². The molecule has 0 heterocycles. The van der Waals surface area contributed by atoms with Crippen LogP contribution in [0.4, 0.5) is 0 Å². The van der Waals surface area contributed by atoms with Gasteiger partial charge in [0, 0.05) is 0 Å². The van der Waals surface area contributed by atoms with E-state index in [0.717, 1.165) is 19.3 Å². The van der Waals surface area contributed by atoms with Gasteiger partial charge in [-0.25, -0.2) is 4.57 Å². The van der Waals surface area contributed by atoms with Gasteiger partial charge in [0.25, 0.3) is 0 Å². The van der Waals surface area contributed by atoms with E-state index in [4.69, 9.17) is 9.79 Å². The van der Waals surface area contributed by atoms with Gasteiger partial charge in [0.2, 0.25) is 0 Å². The summed E-state index contributed by atoms with van der Waals surface area (Å²) in [4.78, 5) is 16.8. The van der Waals surface area contributed by atoms with E-state index < -0.39 is 7.82 Å². The molecule has 0 bridgehead atoms. The highest BCUT2D eigenvalue weighted by molar-refractivity contribution is 7.46. The second-order valence-electron chi connectivity index (χ2n) is 3.80. The van der Waals surface area contributed by atoms with E-state index in [1.165, 1.54) is 32.1 Å². The largest absolute Gasteiger partial charge is 0.469 e. The van der Waals surface area contributed by atoms with Crippen LogP contribution in [0.1, 0.15) is 58.3 Å². The minimum atomic E-state index is -4.24. The molecule has 0 rings (SSSR count). The van der Waals surface area contributed by atoms with Crippen molar-refractivity contribution in [1.29, 1.82) is 0 Å². The van der Waals surface area contributed by atoms with Crippen molar-refractivity contribution in [3.05, 3.63) is 0 Å². The van der Waals surface area contributed by atoms with Gasteiger partial charge in [0.1, 0.15) is 0 Å². The monoisotopic (exact) mass is 316 g/mol. The first-order valence-corrected chi connectivity index (χ1v) is 7.29. The highest BCUT2D eigenvalue weighted by atomic mass is 31.2. The molecule has 0 fully saturated rings. The van der Waals surface area contributed by atoms with Crippen molar-refractivity contribution >= 4 is 77.0 Å². The van der Waals surface area contributed by atoms with Gasteiger partial charge in [-0.15, -0.1) is 0 Å². The van der Waals surface area contributed by atoms with E-state index in [1.54, 1.807) is 0 Å². The van der Waals surface area contributed by atoms with Gasteiger partial charge in [0.05, 0.1) is 6.61 Å². The minimum Gasteiger partial charge on any atom is -0.303 e. The number of unbranched alkanes of at least 4 members (excludes halogenated alkanes) is 7. The van der Waals surface area contributed by atoms with Gasteiger partial charge in [-0.3, -0.25) is 4.52 Å². The molecule has 0 aliphatic rings. The fourth-order valence-corrected chi connectivity index (χ4v) is 1.79. The number of phosphoric acid groups is 1. The Bertz CT molecular complexity index is 190. The molecule has 2 N–H and O–H groups in total. The first-order chi connectivity index (χ1) is 7.06. The van der Waals surface area contributed by atoms with Crippen LogP contribution in [0.25, 0.3) is 0 Å². The van der Waals surface area contributed by atoms with Crippen LogP contribution in [0.15, 0.2) is 0 Å². The topological polar surface area (TPSA) is 66.8 Å². The molecule has 104 valence electrons. The third-order valence-corrected chi connectivity index (χ3v) is 2.78. The Morgan fingerprint density at radius 1 is 0.833 bits per heavy atom. The molecule has 0 atom stereocenters. The van der Waals surface area contributed by atoms with E-state index in [9.17, 15) is 4.57 Å². The first kappa shape index (κ1) is 28.6. The van der Waals surface area contributed by atoms with Gasteiger partial charge in [-0.1, -0.05) is 51.9 Å². The van der Waals surface area contributed by atoms with Crippen LogP contribution in [0.5, 0.6) is 0 Å². The van der Waals surface area contributed by atoms with Gasteiger partial charge in [-0.2, -0.15) is 0 Å². The molecule has 0 amide bonds. The lowest BCUT2D eigenvalue weighted by molar-refractivity contribution is 0.193. The van der Waals surface area contributed by atoms with Crippen LogP contribution in [0, 0.1) is 0 Å². The summed E-state index contributed by atoms with van der Waals surface area (Å²) >= 11 is 0. The maximum absolute atomic E-state index is 10.3. The molecule has 0 saturated heterocycles. The summed E-state index contributed by atoms with van der Waals surface area (Å²) in [6.07, 6.45) is 9.22. The Balaban J connectivity index is -0.000000327. The number of hydrogen-bond acceptors (Lipinski definition) is 2. The van der Waals surface area contributed by atoms with Crippen molar-refractivity contribution in [3.8, 4) is 0 Å². The lowest BCUT2D eigenvalue weighted by Crippen LogP contribution is -1.92. The average Bonchev–Trinajstić information content (AvgIpc) is 2.14. The van der Waals surface area contributed by atoms with E-state index in [2.05, 4.69) is 11.4 Å². The zero-order valence-electron chi connectivity index (χ0n) is 9.52. The lowest BCUT2D eigenvalue weighted by Gasteiger charge is -2.04. The maximum atomic E-state index is 10.3. The number of hydrogen-bond donors (Lipinski definition) is 2. The lowest BCUT2D eigenvalue weighted by atomic mass is 10.1. The Morgan fingerprint density at radius 3 is 1.61 bits per heavy atom. The summed E-state index contributed by atoms with van der Waals surface area (Å²) in [7, 11) is -4.24. The zero-order valence-corrected chi connectivity index (χ0v) is 10.4. The standard InChI is InChI=1S/C10H23O4P.3Mg.6H/c1-2-3-4-5-6-7-8-9-10-14-15(11,12)13;;;;;;;;;/h2-10H2,1H3,(H2,11,12,13);;;;;;;;;. The van der Waals surface area contributed by atoms with Crippen molar-refractivity contribution in [2.45, 2.75) is 58.3 Å². The molecule has 4 nitrogen and oxygen atoms in total. The molecular formula is C10H29Mg3O4P. The normalized spacial score (nSPS) is 9.94. The molecule has 0 aliphatic carbocycles. The molecular weight excluding hydrogens is 288 g/mol. The summed E-state index contributed by atoms with van der Waals surface area (Å²) in [6.45, 7) is 2.36. The van der Waals surface area contributed by atoms with Crippen LogP contribution < -0.4 is 0 Å². The molecule has 8 heteroatoms. The van der Waals surface area contributed by atoms with E-state index in [-0.39, 0.29) is 75.8 Å². The molecule has 18 heavy (non-hydrogen) atoms. The fraction of sp³-hybridized carbons (Fsp3) is 1.00. The summed E-state index contributed by atoms with van der Waals surface area (Å²) in [5.41, 5.74) is 0. The molecule has 0 spiro atoms. The first-order valence-electron chi connectivity index (χ1n) is 5.76. The molecule has 0 aliphatic heterocycles. The van der Waals surface area contributed by atoms with E-state index >= 15 is 0 Å². The Kier molecular flexibility index (Phi) is 30.8. The third kappa shape index (κ3) is 26.9. The van der Waals surface area contributed by atoms with Crippen molar-refractivity contribution in [3.63, 3.8) is 0 Å². The zero-order chi connectivity index (χ0) is 11.6. The van der Waals surface area contributed by atoms with Crippen molar-refractivity contribution < 1.29 is 18.9 Å². The minimum absolute atomic E-state index is 0. The summed E-state index contributed by atoms with van der Waals surface area (Å²) in [6, 6.07) is 0. The van der Waals surface area contributed by atoms with Crippen LogP contribution in [0.3, 0.4) is 0 Å². The summed E-state index contributed by atoms with van der Waals surface area (Å²) < 4.78 is 14.7. The van der Waals surface area contributed by atoms with Crippen molar-refractivity contribution in [2.75, 3.05) is 6.61 Å². The molecule has 0 unspecified atom stereocenters. The molecule has 0 radical (unpaired) electrons. The summed E-state index contributed by atoms with van der Waals surface area (Å²) in [5, 5.41) is 0. The van der Waals surface area contributed by atoms with Crippen LogP contribution in [-0.2, 0) is 9.09 Å². The predicted molar refractivity (Wildman–Crippen MR) is 86.2 cm³/mol. The van der Waals surface area contributed by atoms with Gasteiger partial charge in [-0.05, 0) is 6.42 Å². The van der Waals surface area contributed by atoms with E-state index in [0.29, 0.717) is 0 Å². The highest BCUT2D eigenvalue weighted by Crippen LogP contribution is 2.35. The number of rotatable bonds is 10. The average molecular weight is 317 g/mol. The quantitative estimate of drug-likeness (QED) is 0.350.